The highest BCUT2D eigenvalue weighted by molar-refractivity contribution is 5.80. The molecule has 12 heavy (non-hydrogen) atoms. The zero-order valence-electron chi connectivity index (χ0n) is 7.81. The van der Waals surface area contributed by atoms with Gasteiger partial charge < -0.3 is 4.84 Å². The van der Waals surface area contributed by atoms with Crippen molar-refractivity contribution in [2.24, 2.45) is 0 Å². The maximum absolute atomic E-state index is 10.5. The second kappa shape index (κ2) is 4.90. The van der Waals surface area contributed by atoms with E-state index in [4.69, 9.17) is 0 Å². The molecule has 0 saturated heterocycles. The third-order valence-corrected chi connectivity index (χ3v) is 1.03. The van der Waals surface area contributed by atoms with Gasteiger partial charge in [-0.2, -0.15) is 0 Å². The third-order valence-electron chi connectivity index (χ3n) is 1.03. The van der Waals surface area contributed by atoms with Crippen molar-refractivity contribution < 1.29 is 9.63 Å². The van der Waals surface area contributed by atoms with E-state index >= 15 is 0 Å². The Kier molecular flexibility index (Phi) is 4.54. The van der Waals surface area contributed by atoms with E-state index in [2.05, 4.69) is 22.2 Å². The van der Waals surface area contributed by atoms with E-state index in [1.54, 1.807) is 0 Å². The molecule has 0 aromatic heterocycles. The van der Waals surface area contributed by atoms with Crippen LogP contribution in [0.4, 0.5) is 0 Å². The third kappa shape index (κ3) is 7.24. The monoisotopic (exact) mass is 172 g/mol. The summed E-state index contributed by atoms with van der Waals surface area (Å²) in [5, 5.41) is 3.08. The van der Waals surface area contributed by atoms with Crippen molar-refractivity contribution in [1.82, 2.24) is 10.8 Å². The fourth-order valence-electron chi connectivity index (χ4n) is 0.450. The number of carbonyl (C=O) groups is 1. The van der Waals surface area contributed by atoms with E-state index < -0.39 is 5.97 Å². The molecular formula is C8H16N2O2. The molecule has 0 rings (SSSR count). The standard InChI is InChI=1S/C8H16N2O2/c1-5-7(11)12-10-6-9-8(2,3)4/h5,9-10H,1,6H2,2-4H3. The maximum Gasteiger partial charge on any atom is 0.348 e. The topological polar surface area (TPSA) is 50.4 Å². The number of rotatable bonds is 4. The van der Waals surface area contributed by atoms with E-state index in [0.29, 0.717) is 6.67 Å². The molecule has 0 radical (unpaired) electrons. The summed E-state index contributed by atoms with van der Waals surface area (Å²) < 4.78 is 0. The Bertz CT molecular complexity index is 161. The van der Waals surface area contributed by atoms with Gasteiger partial charge in [-0.1, -0.05) is 6.58 Å². The number of carbonyl (C=O) groups excluding carboxylic acids is 1. The first-order valence-electron chi connectivity index (χ1n) is 3.77. The fraction of sp³-hybridized carbons (Fsp3) is 0.625. The van der Waals surface area contributed by atoms with E-state index in [0.717, 1.165) is 6.08 Å². The number of nitrogens with one attached hydrogen (secondary N) is 2. The molecule has 0 aliphatic carbocycles. The van der Waals surface area contributed by atoms with Crippen LogP contribution in [-0.4, -0.2) is 18.2 Å². The molecule has 0 amide bonds. The minimum absolute atomic E-state index is 0.00753. The number of hydrogen-bond acceptors (Lipinski definition) is 4. The highest BCUT2D eigenvalue weighted by Gasteiger charge is 2.07. The highest BCUT2D eigenvalue weighted by atomic mass is 16.7. The van der Waals surface area contributed by atoms with E-state index in [9.17, 15) is 4.79 Å². The molecule has 0 heterocycles. The molecule has 0 saturated carbocycles. The summed E-state index contributed by atoms with van der Waals surface area (Å²) in [5.41, 5.74) is 2.47. The zero-order chi connectivity index (χ0) is 9.61. The summed E-state index contributed by atoms with van der Waals surface area (Å²) in [6.45, 7) is 9.73. The van der Waals surface area contributed by atoms with Gasteiger partial charge in [0.05, 0.1) is 6.67 Å². The van der Waals surface area contributed by atoms with Crippen molar-refractivity contribution in [3.63, 3.8) is 0 Å². The molecule has 0 spiro atoms. The first kappa shape index (κ1) is 11.1. The summed E-state index contributed by atoms with van der Waals surface area (Å²) >= 11 is 0. The summed E-state index contributed by atoms with van der Waals surface area (Å²) in [6, 6.07) is 0. The first-order chi connectivity index (χ1) is 5.45. The van der Waals surface area contributed by atoms with Crippen LogP contribution in [0.3, 0.4) is 0 Å². The van der Waals surface area contributed by atoms with Crippen LogP contribution in [0, 0.1) is 0 Å². The van der Waals surface area contributed by atoms with Gasteiger partial charge in [-0.3, -0.25) is 5.32 Å². The molecule has 70 valence electrons. The predicted octanol–water partition coefficient (Wildman–Crippen LogP) is 0.566. The molecule has 4 nitrogen and oxygen atoms in total. The van der Waals surface area contributed by atoms with Gasteiger partial charge in [0.25, 0.3) is 0 Å². The lowest BCUT2D eigenvalue weighted by Crippen LogP contribution is -2.42. The van der Waals surface area contributed by atoms with Crippen LogP contribution in [0.1, 0.15) is 20.8 Å². The number of hydrogen-bond donors (Lipinski definition) is 2. The minimum atomic E-state index is -0.481. The van der Waals surface area contributed by atoms with Crippen LogP contribution in [0.5, 0.6) is 0 Å². The van der Waals surface area contributed by atoms with Crippen LogP contribution in [0.25, 0.3) is 0 Å². The predicted molar refractivity (Wildman–Crippen MR) is 47.2 cm³/mol. The molecule has 0 unspecified atom stereocenters. The van der Waals surface area contributed by atoms with Crippen molar-refractivity contribution in [1.29, 1.82) is 0 Å². The van der Waals surface area contributed by atoms with Crippen molar-refractivity contribution in [2.45, 2.75) is 26.3 Å². The quantitative estimate of drug-likeness (QED) is 0.282. The summed E-state index contributed by atoms with van der Waals surface area (Å²) in [6.07, 6.45) is 1.10. The van der Waals surface area contributed by atoms with E-state index in [1.165, 1.54) is 0 Å². The Balaban J connectivity index is 3.34. The Morgan fingerprint density at radius 1 is 1.58 bits per heavy atom. The lowest BCUT2D eigenvalue weighted by molar-refractivity contribution is -0.145. The lowest BCUT2D eigenvalue weighted by Gasteiger charge is -2.20. The fourth-order valence-corrected chi connectivity index (χ4v) is 0.450. The Morgan fingerprint density at radius 2 is 2.17 bits per heavy atom. The Hall–Kier alpha value is -0.870. The molecule has 2 N–H and O–H groups in total. The van der Waals surface area contributed by atoms with Crippen LogP contribution >= 0.6 is 0 Å². The minimum Gasteiger partial charge on any atom is -0.366 e. The van der Waals surface area contributed by atoms with Crippen LogP contribution in [0.15, 0.2) is 12.7 Å². The molecule has 4 heteroatoms. The van der Waals surface area contributed by atoms with E-state index in [-0.39, 0.29) is 5.54 Å². The van der Waals surface area contributed by atoms with Gasteiger partial charge in [-0.15, -0.1) is 5.48 Å². The van der Waals surface area contributed by atoms with Gasteiger partial charge in [0.1, 0.15) is 0 Å². The van der Waals surface area contributed by atoms with Crippen molar-refractivity contribution >= 4 is 5.97 Å². The van der Waals surface area contributed by atoms with E-state index in [1.807, 2.05) is 20.8 Å². The largest absolute Gasteiger partial charge is 0.366 e. The second-order valence-corrected chi connectivity index (χ2v) is 3.37. The molecule has 0 aliphatic heterocycles. The zero-order valence-corrected chi connectivity index (χ0v) is 7.81. The average molecular weight is 172 g/mol. The van der Waals surface area contributed by atoms with Crippen molar-refractivity contribution in [3.8, 4) is 0 Å². The normalized spacial score (nSPS) is 10.9. The Morgan fingerprint density at radius 3 is 2.58 bits per heavy atom. The number of hydroxylamine groups is 1. The molecule has 0 atom stereocenters. The summed E-state index contributed by atoms with van der Waals surface area (Å²) in [7, 11) is 0. The van der Waals surface area contributed by atoms with Crippen molar-refractivity contribution in [3.05, 3.63) is 12.7 Å². The molecule has 0 bridgehead atoms. The average Bonchev–Trinajstić information content (AvgIpc) is 1.96. The molecule has 0 fully saturated rings. The first-order valence-corrected chi connectivity index (χ1v) is 3.77. The molecule has 0 aliphatic rings. The molecule has 0 aromatic rings. The summed E-state index contributed by atoms with van der Waals surface area (Å²) in [5.74, 6) is -0.481. The van der Waals surface area contributed by atoms with Crippen LogP contribution < -0.4 is 10.8 Å². The van der Waals surface area contributed by atoms with Gasteiger partial charge in [0.2, 0.25) is 0 Å². The van der Waals surface area contributed by atoms with Crippen LogP contribution in [-0.2, 0) is 9.63 Å². The maximum atomic E-state index is 10.5. The smallest absolute Gasteiger partial charge is 0.348 e. The Labute approximate surface area is 72.9 Å². The lowest BCUT2D eigenvalue weighted by atomic mass is 10.1. The van der Waals surface area contributed by atoms with Gasteiger partial charge in [-0.05, 0) is 20.8 Å². The second-order valence-electron chi connectivity index (χ2n) is 3.37. The van der Waals surface area contributed by atoms with Gasteiger partial charge in [-0.25, -0.2) is 4.79 Å². The van der Waals surface area contributed by atoms with Crippen LogP contribution in [0.2, 0.25) is 0 Å². The molecular weight excluding hydrogens is 156 g/mol. The van der Waals surface area contributed by atoms with Gasteiger partial charge >= 0.3 is 5.97 Å². The van der Waals surface area contributed by atoms with Crippen molar-refractivity contribution in [2.75, 3.05) is 6.67 Å². The SMILES string of the molecule is C=CC(=O)ONCNC(C)(C)C. The molecule has 0 aromatic carbocycles. The van der Waals surface area contributed by atoms with Gasteiger partial charge in [0.15, 0.2) is 0 Å². The summed E-state index contributed by atoms with van der Waals surface area (Å²) in [4.78, 5) is 15.0. The highest BCUT2D eigenvalue weighted by Crippen LogP contribution is 1.95. The van der Waals surface area contributed by atoms with Gasteiger partial charge in [0, 0.05) is 11.6 Å².